The zero-order valence-corrected chi connectivity index (χ0v) is 13.9. The van der Waals surface area contributed by atoms with Crippen LogP contribution in [0.5, 0.6) is 0 Å². The lowest BCUT2D eigenvalue weighted by Gasteiger charge is -2.40. The quantitative estimate of drug-likeness (QED) is 0.816. The normalized spacial score (nSPS) is 38.7. The van der Waals surface area contributed by atoms with Crippen LogP contribution in [0.2, 0.25) is 0 Å². The fraction of sp³-hybridized carbons (Fsp3) is 1.00. The van der Waals surface area contributed by atoms with Crippen LogP contribution in [-0.4, -0.2) is 49.2 Å². The van der Waals surface area contributed by atoms with Gasteiger partial charge in [-0.15, -0.1) is 0 Å². The van der Waals surface area contributed by atoms with Crippen LogP contribution in [0.15, 0.2) is 0 Å². The van der Waals surface area contributed by atoms with Crippen LogP contribution in [-0.2, 0) is 0 Å². The number of hydrogen-bond donors (Lipinski definition) is 2. The summed E-state index contributed by atoms with van der Waals surface area (Å²) in [7, 11) is 0. The average molecular weight is 293 g/mol. The van der Waals surface area contributed by atoms with E-state index >= 15 is 0 Å². The van der Waals surface area contributed by atoms with Crippen LogP contribution in [0.1, 0.15) is 64.7 Å². The lowest BCUT2D eigenvalue weighted by atomic mass is 9.77. The van der Waals surface area contributed by atoms with Crippen molar-refractivity contribution in [1.29, 1.82) is 0 Å². The maximum atomic E-state index is 3.99. The molecule has 4 atom stereocenters. The van der Waals surface area contributed by atoms with Crippen LogP contribution < -0.4 is 10.6 Å². The average Bonchev–Trinajstić information content (AvgIpc) is 3.01. The Morgan fingerprint density at radius 2 is 1.86 bits per heavy atom. The molecule has 2 N–H and O–H groups in total. The molecule has 3 heteroatoms. The SMILES string of the molecule is CCN1CCCC1CNC1CCCCC1C1CCCCN1. The minimum Gasteiger partial charge on any atom is -0.314 e. The molecular formula is C18H35N3. The van der Waals surface area contributed by atoms with E-state index in [1.54, 1.807) is 0 Å². The van der Waals surface area contributed by atoms with Gasteiger partial charge in [0.1, 0.15) is 0 Å². The van der Waals surface area contributed by atoms with E-state index in [0.29, 0.717) is 0 Å². The highest BCUT2D eigenvalue weighted by Gasteiger charge is 2.33. The van der Waals surface area contributed by atoms with E-state index in [2.05, 4.69) is 22.5 Å². The molecule has 0 aromatic carbocycles. The van der Waals surface area contributed by atoms with Gasteiger partial charge in [-0.05, 0) is 64.1 Å². The second-order valence-electron chi connectivity index (χ2n) is 7.44. The smallest absolute Gasteiger partial charge is 0.0221 e. The summed E-state index contributed by atoms with van der Waals surface area (Å²) in [6, 6.07) is 2.37. The fourth-order valence-electron chi connectivity index (χ4n) is 4.97. The van der Waals surface area contributed by atoms with Gasteiger partial charge in [-0.25, -0.2) is 0 Å². The van der Waals surface area contributed by atoms with Crippen molar-refractivity contribution in [2.24, 2.45) is 5.92 Å². The summed E-state index contributed by atoms with van der Waals surface area (Å²) >= 11 is 0. The number of hydrogen-bond acceptors (Lipinski definition) is 3. The molecule has 3 aliphatic rings. The summed E-state index contributed by atoms with van der Waals surface area (Å²) in [5.74, 6) is 0.885. The monoisotopic (exact) mass is 293 g/mol. The standard InChI is InChI=1S/C18H35N3/c1-2-21-13-7-8-15(21)14-20-18-10-4-3-9-16(18)17-11-5-6-12-19-17/h15-20H,2-14H2,1H3. The maximum absolute atomic E-state index is 3.99. The number of likely N-dealkylation sites (tertiary alicyclic amines) is 1. The van der Waals surface area contributed by atoms with Gasteiger partial charge in [-0.2, -0.15) is 0 Å². The van der Waals surface area contributed by atoms with Crippen LogP contribution in [0.25, 0.3) is 0 Å². The molecule has 1 aliphatic carbocycles. The van der Waals surface area contributed by atoms with Gasteiger partial charge in [0.2, 0.25) is 0 Å². The first-order valence-corrected chi connectivity index (χ1v) is 9.59. The number of nitrogens with zero attached hydrogens (tertiary/aromatic N) is 1. The largest absolute Gasteiger partial charge is 0.314 e. The van der Waals surface area contributed by atoms with Crippen molar-refractivity contribution in [1.82, 2.24) is 15.5 Å². The number of rotatable bonds is 5. The third-order valence-electron chi connectivity index (χ3n) is 6.21. The van der Waals surface area contributed by atoms with Gasteiger partial charge < -0.3 is 10.6 Å². The van der Waals surface area contributed by atoms with Crippen molar-refractivity contribution < 1.29 is 0 Å². The van der Waals surface area contributed by atoms with E-state index in [9.17, 15) is 0 Å². The predicted octanol–water partition coefficient (Wildman–Crippen LogP) is 2.76. The Balaban J connectivity index is 1.51. The number of nitrogens with one attached hydrogen (secondary N) is 2. The Labute approximate surface area is 131 Å². The van der Waals surface area contributed by atoms with Crippen molar-refractivity contribution in [3.05, 3.63) is 0 Å². The molecule has 3 rings (SSSR count). The molecule has 21 heavy (non-hydrogen) atoms. The maximum Gasteiger partial charge on any atom is 0.0221 e. The number of likely N-dealkylation sites (N-methyl/N-ethyl adjacent to an activating group) is 1. The van der Waals surface area contributed by atoms with Gasteiger partial charge in [-0.3, -0.25) is 4.90 Å². The molecule has 1 saturated carbocycles. The van der Waals surface area contributed by atoms with Gasteiger partial charge in [0.05, 0.1) is 0 Å². The second-order valence-corrected chi connectivity index (χ2v) is 7.44. The summed E-state index contributed by atoms with van der Waals surface area (Å²) < 4.78 is 0. The molecule has 4 unspecified atom stereocenters. The van der Waals surface area contributed by atoms with E-state index in [4.69, 9.17) is 0 Å². The Bertz CT molecular complexity index is 301. The number of piperidine rings is 1. The minimum atomic E-state index is 0.772. The van der Waals surface area contributed by atoms with E-state index in [-0.39, 0.29) is 0 Å². The zero-order chi connectivity index (χ0) is 14.5. The summed E-state index contributed by atoms with van der Waals surface area (Å²) in [4.78, 5) is 2.67. The summed E-state index contributed by atoms with van der Waals surface area (Å²) in [6.07, 6.45) is 12.8. The molecule has 2 saturated heterocycles. The molecule has 2 aliphatic heterocycles. The van der Waals surface area contributed by atoms with Gasteiger partial charge in [0.15, 0.2) is 0 Å². The highest BCUT2D eigenvalue weighted by Crippen LogP contribution is 2.30. The summed E-state index contributed by atoms with van der Waals surface area (Å²) in [5.41, 5.74) is 0. The third kappa shape index (κ3) is 4.00. The molecule has 122 valence electrons. The van der Waals surface area contributed by atoms with Crippen LogP contribution in [0.4, 0.5) is 0 Å². The molecule has 3 fully saturated rings. The molecule has 0 spiro atoms. The Hall–Kier alpha value is -0.120. The van der Waals surface area contributed by atoms with E-state index in [0.717, 1.165) is 24.0 Å². The topological polar surface area (TPSA) is 27.3 Å². The van der Waals surface area contributed by atoms with Crippen molar-refractivity contribution in [3.63, 3.8) is 0 Å². The lowest BCUT2D eigenvalue weighted by molar-refractivity contribution is 0.169. The van der Waals surface area contributed by atoms with Crippen LogP contribution in [0, 0.1) is 5.92 Å². The second kappa shape index (κ2) is 7.94. The third-order valence-corrected chi connectivity index (χ3v) is 6.21. The first-order chi connectivity index (χ1) is 10.4. The Kier molecular flexibility index (Phi) is 5.96. The molecule has 0 radical (unpaired) electrons. The van der Waals surface area contributed by atoms with Crippen LogP contribution >= 0.6 is 0 Å². The van der Waals surface area contributed by atoms with Gasteiger partial charge in [0.25, 0.3) is 0 Å². The van der Waals surface area contributed by atoms with Gasteiger partial charge >= 0.3 is 0 Å². The fourth-order valence-corrected chi connectivity index (χ4v) is 4.97. The lowest BCUT2D eigenvalue weighted by Crippen LogP contribution is -2.52. The van der Waals surface area contributed by atoms with Crippen LogP contribution in [0.3, 0.4) is 0 Å². The van der Waals surface area contributed by atoms with Gasteiger partial charge in [-0.1, -0.05) is 26.2 Å². The molecule has 0 aromatic rings. The Morgan fingerprint density at radius 3 is 2.67 bits per heavy atom. The highest BCUT2D eigenvalue weighted by molar-refractivity contribution is 4.92. The van der Waals surface area contributed by atoms with E-state index in [1.165, 1.54) is 84.0 Å². The molecule has 0 amide bonds. The molecule has 2 heterocycles. The molecular weight excluding hydrogens is 258 g/mol. The van der Waals surface area contributed by atoms with Crippen molar-refractivity contribution in [2.45, 2.75) is 82.8 Å². The highest BCUT2D eigenvalue weighted by atomic mass is 15.2. The first-order valence-electron chi connectivity index (χ1n) is 9.59. The van der Waals surface area contributed by atoms with E-state index in [1.807, 2.05) is 0 Å². The summed E-state index contributed by atoms with van der Waals surface area (Å²) in [6.45, 7) is 7.33. The predicted molar refractivity (Wildman–Crippen MR) is 89.7 cm³/mol. The van der Waals surface area contributed by atoms with E-state index < -0.39 is 0 Å². The minimum absolute atomic E-state index is 0.772. The summed E-state index contributed by atoms with van der Waals surface area (Å²) in [5, 5.41) is 7.81. The molecule has 0 aromatic heterocycles. The van der Waals surface area contributed by atoms with Gasteiger partial charge in [0, 0.05) is 24.7 Å². The van der Waals surface area contributed by atoms with Crippen molar-refractivity contribution in [3.8, 4) is 0 Å². The first kappa shape index (κ1) is 15.8. The van der Waals surface area contributed by atoms with Crippen molar-refractivity contribution in [2.75, 3.05) is 26.2 Å². The molecule has 3 nitrogen and oxygen atoms in total. The Morgan fingerprint density at radius 1 is 1.00 bits per heavy atom. The zero-order valence-electron chi connectivity index (χ0n) is 13.9. The van der Waals surface area contributed by atoms with Crippen molar-refractivity contribution >= 4 is 0 Å². The molecule has 0 bridgehead atoms.